The van der Waals surface area contributed by atoms with Crippen LogP contribution in [0.25, 0.3) is 0 Å². The van der Waals surface area contributed by atoms with Gasteiger partial charge in [0.15, 0.2) is 0 Å². The monoisotopic (exact) mass is 372 g/mol. The number of amides is 2. The van der Waals surface area contributed by atoms with Crippen LogP contribution in [-0.4, -0.2) is 48.1 Å². The Kier molecular flexibility index (Phi) is 6.20. The van der Waals surface area contributed by atoms with E-state index in [9.17, 15) is 9.59 Å². The molecule has 2 aliphatic heterocycles. The van der Waals surface area contributed by atoms with E-state index in [2.05, 4.69) is 19.2 Å². The van der Waals surface area contributed by atoms with E-state index in [-0.39, 0.29) is 23.5 Å². The van der Waals surface area contributed by atoms with Gasteiger partial charge in [0.05, 0.1) is 11.7 Å². The van der Waals surface area contributed by atoms with Crippen molar-refractivity contribution in [1.29, 1.82) is 0 Å². The van der Waals surface area contributed by atoms with Crippen LogP contribution >= 0.6 is 0 Å². The Morgan fingerprint density at radius 2 is 1.85 bits per heavy atom. The Morgan fingerprint density at radius 3 is 2.48 bits per heavy atom. The standard InChI is InChI=1S/C22H32N2O3/c1-16(2)14-20(25)24-12-10-22(11-13-24)9-8-19(27-22)15-23-21(26)18-6-4-17(3)5-7-18/h4-7,16,19H,8-15H2,1-3H3,(H,23,26)/t19-/m0/s1. The van der Waals surface area contributed by atoms with Crippen LogP contribution in [0.2, 0.25) is 0 Å². The van der Waals surface area contributed by atoms with Crippen LogP contribution in [0.1, 0.15) is 61.9 Å². The zero-order valence-corrected chi connectivity index (χ0v) is 16.8. The molecular formula is C22H32N2O3. The minimum absolute atomic E-state index is 0.0475. The number of nitrogens with one attached hydrogen (secondary N) is 1. The number of benzene rings is 1. The van der Waals surface area contributed by atoms with Gasteiger partial charge >= 0.3 is 0 Å². The van der Waals surface area contributed by atoms with Crippen LogP contribution in [0.5, 0.6) is 0 Å². The average Bonchev–Trinajstić information content (AvgIpc) is 3.03. The Bertz CT molecular complexity index is 661. The van der Waals surface area contributed by atoms with Crippen molar-refractivity contribution in [1.82, 2.24) is 10.2 Å². The summed E-state index contributed by atoms with van der Waals surface area (Å²) in [6.07, 6.45) is 4.48. The molecule has 0 saturated carbocycles. The van der Waals surface area contributed by atoms with E-state index in [1.54, 1.807) is 0 Å². The number of ether oxygens (including phenoxy) is 1. The highest BCUT2D eigenvalue weighted by atomic mass is 16.5. The Labute approximate surface area is 162 Å². The van der Waals surface area contributed by atoms with Crippen molar-refractivity contribution >= 4 is 11.8 Å². The second-order valence-corrected chi connectivity index (χ2v) is 8.52. The zero-order chi connectivity index (χ0) is 19.4. The van der Waals surface area contributed by atoms with Gasteiger partial charge in [0.2, 0.25) is 5.91 Å². The number of carbonyl (C=O) groups excluding carboxylic acids is 2. The molecule has 27 heavy (non-hydrogen) atoms. The summed E-state index contributed by atoms with van der Waals surface area (Å²) in [7, 11) is 0. The lowest BCUT2D eigenvalue weighted by molar-refractivity contribution is -0.138. The van der Waals surface area contributed by atoms with Crippen LogP contribution < -0.4 is 5.32 Å². The highest BCUT2D eigenvalue weighted by Gasteiger charge is 2.43. The van der Waals surface area contributed by atoms with Crippen molar-refractivity contribution in [2.24, 2.45) is 5.92 Å². The first kappa shape index (κ1) is 19.9. The maximum absolute atomic E-state index is 12.3. The number of carbonyl (C=O) groups is 2. The summed E-state index contributed by atoms with van der Waals surface area (Å²) in [6.45, 7) is 8.29. The fraction of sp³-hybridized carbons (Fsp3) is 0.636. The third-order valence-corrected chi connectivity index (χ3v) is 5.75. The van der Waals surface area contributed by atoms with Gasteiger partial charge in [-0.3, -0.25) is 9.59 Å². The number of hydrogen-bond donors (Lipinski definition) is 1. The van der Waals surface area contributed by atoms with Crippen molar-refractivity contribution in [3.63, 3.8) is 0 Å². The van der Waals surface area contributed by atoms with Crippen LogP contribution in [-0.2, 0) is 9.53 Å². The third kappa shape index (κ3) is 5.10. The molecule has 0 aromatic heterocycles. The average molecular weight is 373 g/mol. The van der Waals surface area contributed by atoms with E-state index >= 15 is 0 Å². The maximum atomic E-state index is 12.3. The summed E-state index contributed by atoms with van der Waals surface area (Å²) < 4.78 is 6.35. The lowest BCUT2D eigenvalue weighted by Crippen LogP contribution is -2.47. The largest absolute Gasteiger partial charge is 0.370 e. The van der Waals surface area contributed by atoms with E-state index in [0.29, 0.717) is 24.4 Å². The quantitative estimate of drug-likeness (QED) is 0.863. The zero-order valence-electron chi connectivity index (χ0n) is 16.8. The van der Waals surface area contributed by atoms with Crippen molar-refractivity contribution in [3.8, 4) is 0 Å². The molecule has 1 atom stereocenters. The first-order valence-electron chi connectivity index (χ1n) is 10.2. The molecule has 2 amide bonds. The van der Waals surface area contributed by atoms with Gasteiger partial charge in [-0.1, -0.05) is 31.5 Å². The lowest BCUT2D eigenvalue weighted by Gasteiger charge is -2.39. The van der Waals surface area contributed by atoms with E-state index in [0.717, 1.165) is 44.3 Å². The number of hydrogen-bond acceptors (Lipinski definition) is 3. The number of piperidine rings is 1. The molecule has 0 unspecified atom stereocenters. The molecule has 1 N–H and O–H groups in total. The number of rotatable bonds is 5. The SMILES string of the molecule is Cc1ccc(C(=O)NC[C@@H]2CCC3(CCN(C(=O)CC(C)C)CC3)O2)cc1. The van der Waals surface area contributed by atoms with Gasteiger partial charge < -0.3 is 15.0 Å². The normalized spacial score (nSPS) is 21.6. The summed E-state index contributed by atoms with van der Waals surface area (Å²) in [5, 5.41) is 3.00. The van der Waals surface area contributed by atoms with E-state index < -0.39 is 0 Å². The molecule has 0 radical (unpaired) electrons. The molecular weight excluding hydrogens is 340 g/mol. The minimum atomic E-state index is -0.103. The molecule has 1 spiro atoms. The molecule has 0 aliphatic carbocycles. The Hall–Kier alpha value is -1.88. The Morgan fingerprint density at radius 1 is 1.19 bits per heavy atom. The lowest BCUT2D eigenvalue weighted by atomic mass is 9.88. The molecule has 2 heterocycles. The number of nitrogens with zero attached hydrogens (tertiary/aromatic N) is 1. The molecule has 2 saturated heterocycles. The van der Waals surface area contributed by atoms with Gasteiger partial charge in [-0.05, 0) is 50.7 Å². The molecule has 1 aromatic carbocycles. The molecule has 2 fully saturated rings. The van der Waals surface area contributed by atoms with Gasteiger partial charge in [-0.15, -0.1) is 0 Å². The number of aryl methyl sites for hydroxylation is 1. The first-order chi connectivity index (χ1) is 12.9. The van der Waals surface area contributed by atoms with Crippen molar-refractivity contribution < 1.29 is 14.3 Å². The van der Waals surface area contributed by atoms with Crippen LogP contribution in [0, 0.1) is 12.8 Å². The minimum Gasteiger partial charge on any atom is -0.370 e. The van der Waals surface area contributed by atoms with Crippen LogP contribution in [0.15, 0.2) is 24.3 Å². The van der Waals surface area contributed by atoms with Crippen molar-refractivity contribution in [3.05, 3.63) is 35.4 Å². The van der Waals surface area contributed by atoms with E-state index in [4.69, 9.17) is 4.74 Å². The fourth-order valence-electron chi connectivity index (χ4n) is 4.06. The van der Waals surface area contributed by atoms with Crippen molar-refractivity contribution in [2.45, 2.75) is 64.6 Å². The second kappa shape index (κ2) is 8.42. The van der Waals surface area contributed by atoms with Gasteiger partial charge in [0.25, 0.3) is 5.91 Å². The van der Waals surface area contributed by atoms with Crippen molar-refractivity contribution in [2.75, 3.05) is 19.6 Å². The summed E-state index contributed by atoms with van der Waals surface area (Å²) >= 11 is 0. The molecule has 0 bridgehead atoms. The van der Waals surface area contributed by atoms with Gasteiger partial charge in [-0.25, -0.2) is 0 Å². The highest BCUT2D eigenvalue weighted by Crippen LogP contribution is 2.38. The predicted molar refractivity (Wildman–Crippen MR) is 106 cm³/mol. The van der Waals surface area contributed by atoms with Crippen LogP contribution in [0.4, 0.5) is 0 Å². The molecule has 148 valence electrons. The predicted octanol–water partition coefficient (Wildman–Crippen LogP) is 3.31. The molecule has 5 heteroatoms. The first-order valence-corrected chi connectivity index (χ1v) is 10.2. The molecule has 2 aliphatic rings. The molecule has 3 rings (SSSR count). The third-order valence-electron chi connectivity index (χ3n) is 5.75. The maximum Gasteiger partial charge on any atom is 0.251 e. The smallest absolute Gasteiger partial charge is 0.251 e. The van der Waals surface area contributed by atoms with Gasteiger partial charge in [0, 0.05) is 31.6 Å². The molecule has 1 aromatic rings. The summed E-state index contributed by atoms with van der Waals surface area (Å²) in [5.41, 5.74) is 1.73. The van der Waals surface area contributed by atoms with Crippen LogP contribution in [0.3, 0.4) is 0 Å². The summed E-state index contributed by atoms with van der Waals surface area (Å²) in [6, 6.07) is 7.60. The fourth-order valence-corrected chi connectivity index (χ4v) is 4.06. The van der Waals surface area contributed by atoms with Gasteiger partial charge in [-0.2, -0.15) is 0 Å². The summed E-state index contributed by atoms with van der Waals surface area (Å²) in [5.74, 6) is 0.617. The summed E-state index contributed by atoms with van der Waals surface area (Å²) in [4.78, 5) is 26.5. The highest BCUT2D eigenvalue weighted by molar-refractivity contribution is 5.94. The molecule has 5 nitrogen and oxygen atoms in total. The van der Waals surface area contributed by atoms with E-state index in [1.165, 1.54) is 0 Å². The van der Waals surface area contributed by atoms with E-state index in [1.807, 2.05) is 36.1 Å². The Balaban J connectivity index is 1.44. The number of likely N-dealkylation sites (tertiary alicyclic amines) is 1. The second-order valence-electron chi connectivity index (χ2n) is 8.52. The topological polar surface area (TPSA) is 58.6 Å². The van der Waals surface area contributed by atoms with Gasteiger partial charge in [0.1, 0.15) is 0 Å².